The van der Waals surface area contributed by atoms with Gasteiger partial charge in [-0.2, -0.15) is 0 Å². The number of aryl methyl sites for hydroxylation is 1. The van der Waals surface area contributed by atoms with Crippen LogP contribution in [-0.4, -0.2) is 25.7 Å². The average molecular weight is 285 g/mol. The van der Waals surface area contributed by atoms with Gasteiger partial charge in [0.15, 0.2) is 0 Å². The quantitative estimate of drug-likeness (QED) is 0.801. The van der Waals surface area contributed by atoms with E-state index in [-0.39, 0.29) is 5.91 Å². The second-order valence-electron chi connectivity index (χ2n) is 4.13. The number of carbonyl (C=O) groups excluding carboxylic acids is 1. The molecule has 3 rings (SSSR count). The van der Waals surface area contributed by atoms with Crippen LogP contribution in [0.25, 0.3) is 5.69 Å². The van der Waals surface area contributed by atoms with Crippen molar-refractivity contribution in [1.29, 1.82) is 0 Å². The summed E-state index contributed by atoms with van der Waals surface area (Å²) in [5, 5.41) is 13.0. The second kappa shape index (κ2) is 5.22. The van der Waals surface area contributed by atoms with Crippen LogP contribution in [0.5, 0.6) is 0 Å². The van der Waals surface area contributed by atoms with Crippen LogP contribution in [0.4, 0.5) is 5.69 Å². The third kappa shape index (κ3) is 2.57. The summed E-state index contributed by atoms with van der Waals surface area (Å²) >= 11 is 1.45. The van der Waals surface area contributed by atoms with Crippen molar-refractivity contribution < 1.29 is 4.79 Å². The minimum Gasteiger partial charge on any atom is -0.321 e. The zero-order valence-electron chi connectivity index (χ0n) is 10.6. The lowest BCUT2D eigenvalue weighted by molar-refractivity contribution is 0.102. The third-order valence-corrected chi connectivity index (χ3v) is 3.45. The summed E-state index contributed by atoms with van der Waals surface area (Å²) in [5.74, 6) is -0.213. The minimum absolute atomic E-state index is 0.213. The van der Waals surface area contributed by atoms with Gasteiger partial charge in [-0.05, 0) is 25.1 Å². The molecule has 0 aliphatic carbocycles. The largest absolute Gasteiger partial charge is 0.321 e. The number of benzene rings is 1. The summed E-state index contributed by atoms with van der Waals surface area (Å²) in [6, 6.07) is 7.44. The Morgan fingerprint density at radius 2 is 2.10 bits per heavy atom. The first-order valence-corrected chi connectivity index (χ1v) is 6.79. The van der Waals surface area contributed by atoms with Crippen molar-refractivity contribution in [2.24, 2.45) is 0 Å². The maximum Gasteiger partial charge on any atom is 0.275 e. The highest BCUT2D eigenvalue weighted by Crippen LogP contribution is 2.16. The van der Waals surface area contributed by atoms with Crippen LogP contribution in [0.3, 0.4) is 0 Å². The number of anilines is 1. The molecular formula is C13H11N5OS. The molecule has 100 valence electrons. The Labute approximate surface area is 119 Å². The summed E-state index contributed by atoms with van der Waals surface area (Å²) in [4.78, 5) is 16.2. The van der Waals surface area contributed by atoms with Crippen LogP contribution >= 0.6 is 11.3 Å². The summed E-state index contributed by atoms with van der Waals surface area (Å²) in [6.45, 7) is 1.87. The third-order valence-electron chi connectivity index (χ3n) is 2.67. The molecule has 2 heterocycles. The first-order valence-electron chi connectivity index (χ1n) is 5.91. The molecule has 1 amide bonds. The lowest BCUT2D eigenvalue weighted by Gasteiger charge is -2.06. The van der Waals surface area contributed by atoms with Crippen molar-refractivity contribution in [1.82, 2.24) is 19.7 Å². The van der Waals surface area contributed by atoms with Crippen molar-refractivity contribution in [2.75, 3.05) is 5.32 Å². The number of nitrogens with zero attached hydrogens (tertiary/aromatic N) is 4. The normalized spacial score (nSPS) is 10.4. The van der Waals surface area contributed by atoms with E-state index in [1.165, 1.54) is 11.3 Å². The Balaban J connectivity index is 1.81. The lowest BCUT2D eigenvalue weighted by atomic mass is 10.2. The van der Waals surface area contributed by atoms with Gasteiger partial charge in [0.2, 0.25) is 0 Å². The Kier molecular flexibility index (Phi) is 3.26. The molecule has 0 saturated carbocycles. The van der Waals surface area contributed by atoms with E-state index in [4.69, 9.17) is 0 Å². The van der Waals surface area contributed by atoms with E-state index in [1.54, 1.807) is 22.6 Å². The Morgan fingerprint density at radius 1 is 1.30 bits per heavy atom. The van der Waals surface area contributed by atoms with Crippen LogP contribution in [0, 0.1) is 6.92 Å². The second-order valence-corrected chi connectivity index (χ2v) is 5.19. The van der Waals surface area contributed by atoms with Gasteiger partial charge in [0.25, 0.3) is 5.91 Å². The molecule has 0 radical (unpaired) electrons. The van der Waals surface area contributed by atoms with Gasteiger partial charge in [-0.25, -0.2) is 4.98 Å². The molecule has 0 atom stereocenters. The van der Waals surface area contributed by atoms with E-state index in [0.717, 1.165) is 10.7 Å². The van der Waals surface area contributed by atoms with Crippen molar-refractivity contribution in [3.63, 3.8) is 0 Å². The predicted molar refractivity (Wildman–Crippen MR) is 76.2 cm³/mol. The number of hydrogen-bond acceptors (Lipinski definition) is 5. The molecule has 1 N–H and O–H groups in total. The fourth-order valence-electron chi connectivity index (χ4n) is 1.74. The van der Waals surface area contributed by atoms with E-state index in [2.05, 4.69) is 20.5 Å². The summed E-state index contributed by atoms with van der Waals surface area (Å²) in [7, 11) is 0. The molecule has 0 fully saturated rings. The van der Waals surface area contributed by atoms with Gasteiger partial charge in [-0.1, -0.05) is 6.07 Å². The molecule has 20 heavy (non-hydrogen) atoms. The van der Waals surface area contributed by atoms with Gasteiger partial charge >= 0.3 is 0 Å². The van der Waals surface area contributed by atoms with Gasteiger partial charge in [-0.15, -0.1) is 21.5 Å². The van der Waals surface area contributed by atoms with Crippen molar-refractivity contribution >= 4 is 22.9 Å². The van der Waals surface area contributed by atoms with Gasteiger partial charge in [0.1, 0.15) is 18.3 Å². The van der Waals surface area contributed by atoms with Gasteiger partial charge < -0.3 is 5.32 Å². The van der Waals surface area contributed by atoms with E-state index in [1.807, 2.05) is 31.2 Å². The topological polar surface area (TPSA) is 72.7 Å². The number of nitrogens with one attached hydrogen (secondary N) is 1. The first-order chi connectivity index (χ1) is 9.72. The Hall–Kier alpha value is -2.54. The molecular weight excluding hydrogens is 274 g/mol. The molecule has 0 aliphatic rings. The zero-order valence-corrected chi connectivity index (χ0v) is 11.5. The number of rotatable bonds is 3. The van der Waals surface area contributed by atoms with E-state index < -0.39 is 0 Å². The molecule has 3 aromatic rings. The molecule has 0 saturated heterocycles. The fraction of sp³-hybridized carbons (Fsp3) is 0.0769. The Morgan fingerprint density at radius 3 is 2.80 bits per heavy atom. The zero-order chi connectivity index (χ0) is 13.9. The maximum atomic E-state index is 12.0. The molecule has 0 unspecified atom stereocenters. The molecule has 2 aromatic heterocycles. The fourth-order valence-corrected chi connectivity index (χ4v) is 2.33. The molecule has 0 bridgehead atoms. The predicted octanol–water partition coefficient (Wildman–Crippen LogP) is 2.28. The van der Waals surface area contributed by atoms with Crippen LogP contribution < -0.4 is 5.32 Å². The highest BCUT2D eigenvalue weighted by molar-refractivity contribution is 7.09. The van der Waals surface area contributed by atoms with Crippen LogP contribution in [0.2, 0.25) is 0 Å². The smallest absolute Gasteiger partial charge is 0.275 e. The Bertz CT molecular complexity index is 735. The highest BCUT2D eigenvalue weighted by atomic mass is 32.1. The first kappa shape index (κ1) is 12.5. The number of carbonyl (C=O) groups is 1. The van der Waals surface area contributed by atoms with Gasteiger partial charge in [0, 0.05) is 11.1 Å². The summed E-state index contributed by atoms with van der Waals surface area (Å²) in [6.07, 6.45) is 3.20. The maximum absolute atomic E-state index is 12.0. The van der Waals surface area contributed by atoms with E-state index >= 15 is 0 Å². The van der Waals surface area contributed by atoms with Crippen molar-refractivity contribution in [3.05, 3.63) is 53.0 Å². The van der Waals surface area contributed by atoms with E-state index in [9.17, 15) is 4.79 Å². The monoisotopic (exact) mass is 285 g/mol. The van der Waals surface area contributed by atoms with Crippen molar-refractivity contribution in [3.8, 4) is 5.69 Å². The average Bonchev–Trinajstić information content (AvgIpc) is 3.10. The summed E-state index contributed by atoms with van der Waals surface area (Å²) < 4.78 is 1.77. The minimum atomic E-state index is -0.213. The summed E-state index contributed by atoms with van der Waals surface area (Å²) in [5.41, 5.74) is 2.01. The molecule has 7 heteroatoms. The SMILES string of the molecule is Cc1nc(C(=O)Nc2cccc(-n3cnnc3)c2)cs1. The van der Waals surface area contributed by atoms with E-state index in [0.29, 0.717) is 11.4 Å². The van der Waals surface area contributed by atoms with Crippen LogP contribution in [0.1, 0.15) is 15.5 Å². The van der Waals surface area contributed by atoms with Crippen LogP contribution in [-0.2, 0) is 0 Å². The number of hydrogen-bond donors (Lipinski definition) is 1. The number of thiazole rings is 1. The van der Waals surface area contributed by atoms with Crippen molar-refractivity contribution in [2.45, 2.75) is 6.92 Å². The molecule has 0 aliphatic heterocycles. The van der Waals surface area contributed by atoms with Crippen LogP contribution in [0.15, 0.2) is 42.3 Å². The number of aromatic nitrogens is 4. The lowest BCUT2D eigenvalue weighted by Crippen LogP contribution is -2.12. The number of amides is 1. The standard InChI is InChI=1S/C13H11N5OS/c1-9-16-12(6-20-9)13(19)17-10-3-2-4-11(5-10)18-7-14-15-8-18/h2-8H,1H3,(H,17,19). The molecule has 0 spiro atoms. The van der Waals surface area contributed by atoms with Gasteiger partial charge in [0.05, 0.1) is 10.7 Å². The van der Waals surface area contributed by atoms with Gasteiger partial charge in [-0.3, -0.25) is 9.36 Å². The molecule has 1 aromatic carbocycles. The highest BCUT2D eigenvalue weighted by Gasteiger charge is 2.09. The molecule has 6 nitrogen and oxygen atoms in total.